The first-order valence-electron chi connectivity index (χ1n) is 10.1. The molecule has 0 amide bonds. The van der Waals surface area contributed by atoms with Crippen molar-refractivity contribution in [1.82, 2.24) is 0 Å². The predicted molar refractivity (Wildman–Crippen MR) is 119 cm³/mol. The summed E-state index contributed by atoms with van der Waals surface area (Å²) in [6.07, 6.45) is 0.537. The minimum Gasteiger partial charge on any atom is -0.482 e. The Morgan fingerprint density at radius 2 is 1.37 bits per heavy atom. The maximum Gasteiger partial charge on any atom is 0.344 e. The Hall–Kier alpha value is -3.37. The van der Waals surface area contributed by atoms with Gasteiger partial charge in [-0.1, -0.05) is 72.8 Å². The van der Waals surface area contributed by atoms with Crippen molar-refractivity contribution in [2.75, 3.05) is 19.8 Å². The van der Waals surface area contributed by atoms with Gasteiger partial charge in [-0.2, -0.15) is 0 Å². The average molecular weight is 402 g/mol. The molecule has 0 aliphatic carbocycles. The number of benzene rings is 3. The van der Waals surface area contributed by atoms with Gasteiger partial charge in [0, 0.05) is 6.61 Å². The number of aliphatic hydroxyl groups is 1. The molecule has 0 aromatic heterocycles. The Kier molecular flexibility index (Phi) is 7.81. The van der Waals surface area contributed by atoms with Crippen molar-refractivity contribution >= 4 is 17.1 Å². The molecule has 0 heterocycles. The first-order chi connectivity index (χ1) is 14.7. The van der Waals surface area contributed by atoms with Crippen LogP contribution in [0.15, 0.2) is 84.9 Å². The second-order valence-corrected chi connectivity index (χ2v) is 6.68. The van der Waals surface area contributed by atoms with Crippen molar-refractivity contribution < 1.29 is 19.4 Å². The van der Waals surface area contributed by atoms with Crippen LogP contribution in [0.2, 0.25) is 0 Å². The van der Waals surface area contributed by atoms with Gasteiger partial charge in [0.2, 0.25) is 0 Å². The van der Waals surface area contributed by atoms with E-state index in [1.807, 2.05) is 60.7 Å². The molecule has 3 rings (SSSR count). The van der Waals surface area contributed by atoms with E-state index in [1.165, 1.54) is 0 Å². The van der Waals surface area contributed by atoms with Gasteiger partial charge in [-0.3, -0.25) is 0 Å². The highest BCUT2D eigenvalue weighted by Crippen LogP contribution is 2.34. The number of hydrogen-bond donors (Lipinski definition) is 1. The quantitative estimate of drug-likeness (QED) is 0.406. The van der Waals surface area contributed by atoms with Crippen molar-refractivity contribution in [3.8, 4) is 5.75 Å². The molecule has 0 aliphatic rings. The van der Waals surface area contributed by atoms with Crippen molar-refractivity contribution in [3.63, 3.8) is 0 Å². The van der Waals surface area contributed by atoms with Crippen LogP contribution in [0.25, 0.3) is 11.1 Å². The topological polar surface area (TPSA) is 55.8 Å². The second kappa shape index (κ2) is 11.0. The number of carbonyl (C=O) groups excluding carboxylic acids is 1. The maximum atomic E-state index is 11.5. The Morgan fingerprint density at radius 1 is 0.800 bits per heavy atom. The van der Waals surface area contributed by atoms with Gasteiger partial charge < -0.3 is 14.6 Å². The summed E-state index contributed by atoms with van der Waals surface area (Å²) in [5.41, 5.74) is 5.30. The molecule has 154 valence electrons. The predicted octanol–water partition coefficient (Wildman–Crippen LogP) is 4.97. The molecule has 0 saturated carbocycles. The molecule has 3 aromatic rings. The van der Waals surface area contributed by atoms with Gasteiger partial charge in [-0.15, -0.1) is 0 Å². The van der Waals surface area contributed by atoms with E-state index < -0.39 is 0 Å². The van der Waals surface area contributed by atoms with Crippen molar-refractivity contribution in [2.24, 2.45) is 0 Å². The van der Waals surface area contributed by atoms with Crippen molar-refractivity contribution in [3.05, 3.63) is 102 Å². The van der Waals surface area contributed by atoms with Gasteiger partial charge in [0.25, 0.3) is 0 Å². The van der Waals surface area contributed by atoms with Crippen LogP contribution in [0.4, 0.5) is 0 Å². The lowest BCUT2D eigenvalue weighted by atomic mass is 9.88. The van der Waals surface area contributed by atoms with E-state index in [-0.39, 0.29) is 19.2 Å². The summed E-state index contributed by atoms with van der Waals surface area (Å²) in [6.45, 7) is 2.04. The first kappa shape index (κ1) is 21.3. The minimum atomic E-state index is -0.388. The van der Waals surface area contributed by atoms with E-state index >= 15 is 0 Å². The largest absolute Gasteiger partial charge is 0.482 e. The van der Waals surface area contributed by atoms with Gasteiger partial charge >= 0.3 is 5.97 Å². The Balaban J connectivity index is 2.00. The average Bonchev–Trinajstić information content (AvgIpc) is 2.80. The molecule has 0 saturated heterocycles. The summed E-state index contributed by atoms with van der Waals surface area (Å²) in [6, 6.07) is 27.9. The molecule has 0 bridgehead atoms. The molecule has 1 N–H and O–H groups in total. The lowest BCUT2D eigenvalue weighted by molar-refractivity contribution is -0.145. The summed E-state index contributed by atoms with van der Waals surface area (Å²) in [4.78, 5) is 11.5. The van der Waals surface area contributed by atoms with Gasteiger partial charge in [0.05, 0.1) is 6.61 Å². The van der Waals surface area contributed by atoms with Gasteiger partial charge in [0.15, 0.2) is 6.61 Å². The summed E-state index contributed by atoms with van der Waals surface area (Å²) in [7, 11) is 0. The highest BCUT2D eigenvalue weighted by Gasteiger charge is 2.14. The van der Waals surface area contributed by atoms with Crippen LogP contribution in [0.1, 0.15) is 30.0 Å². The van der Waals surface area contributed by atoms with Crippen LogP contribution in [0.3, 0.4) is 0 Å². The van der Waals surface area contributed by atoms with Crippen LogP contribution >= 0.6 is 0 Å². The maximum absolute atomic E-state index is 11.5. The Morgan fingerprint density at radius 3 is 1.93 bits per heavy atom. The van der Waals surface area contributed by atoms with Gasteiger partial charge in [-0.25, -0.2) is 4.79 Å². The zero-order valence-electron chi connectivity index (χ0n) is 17.1. The van der Waals surface area contributed by atoms with Gasteiger partial charge in [0.1, 0.15) is 5.75 Å². The first-order valence-corrected chi connectivity index (χ1v) is 10.1. The fourth-order valence-corrected chi connectivity index (χ4v) is 3.35. The SMILES string of the molecule is CCOC(=O)COc1ccc(C(=C(CCO)c2ccccc2)c2ccccc2)cc1. The van der Waals surface area contributed by atoms with Crippen LogP contribution in [0.5, 0.6) is 5.75 Å². The monoisotopic (exact) mass is 402 g/mol. The summed E-state index contributed by atoms with van der Waals surface area (Å²) in [5, 5.41) is 9.75. The number of carbonyl (C=O) groups is 1. The third kappa shape index (κ3) is 5.58. The molecule has 30 heavy (non-hydrogen) atoms. The molecule has 0 atom stereocenters. The molecule has 0 spiro atoms. The van der Waals surface area contributed by atoms with Crippen LogP contribution in [-0.2, 0) is 9.53 Å². The second-order valence-electron chi connectivity index (χ2n) is 6.68. The zero-order chi connectivity index (χ0) is 21.2. The van der Waals surface area contributed by atoms with Crippen molar-refractivity contribution in [1.29, 1.82) is 0 Å². The van der Waals surface area contributed by atoms with Crippen LogP contribution < -0.4 is 4.74 Å². The fraction of sp³-hybridized carbons (Fsp3) is 0.192. The smallest absolute Gasteiger partial charge is 0.344 e. The van der Waals surface area contributed by atoms with Crippen LogP contribution in [-0.4, -0.2) is 30.9 Å². The van der Waals surface area contributed by atoms with Crippen LogP contribution in [0, 0.1) is 0 Å². The number of aliphatic hydroxyl groups excluding tert-OH is 1. The zero-order valence-corrected chi connectivity index (χ0v) is 17.1. The van der Waals surface area contributed by atoms with E-state index in [4.69, 9.17) is 9.47 Å². The van der Waals surface area contributed by atoms with E-state index in [0.717, 1.165) is 27.8 Å². The highest BCUT2D eigenvalue weighted by molar-refractivity contribution is 5.98. The lowest BCUT2D eigenvalue weighted by Crippen LogP contribution is -2.14. The number of ether oxygens (including phenoxy) is 2. The summed E-state index contributed by atoms with van der Waals surface area (Å²) < 4.78 is 10.4. The van der Waals surface area contributed by atoms with E-state index in [2.05, 4.69) is 24.3 Å². The number of esters is 1. The number of hydrogen-bond acceptors (Lipinski definition) is 4. The normalized spacial score (nSPS) is 11.5. The summed E-state index contributed by atoms with van der Waals surface area (Å²) >= 11 is 0. The molecule has 0 fully saturated rings. The third-order valence-electron chi connectivity index (χ3n) is 4.65. The molecule has 3 aromatic carbocycles. The fourth-order valence-electron chi connectivity index (χ4n) is 3.35. The Bertz CT molecular complexity index is 961. The summed E-state index contributed by atoms with van der Waals surface area (Å²) in [5.74, 6) is 0.211. The van der Waals surface area contributed by atoms with E-state index in [0.29, 0.717) is 18.8 Å². The molecule has 0 aliphatic heterocycles. The molecular formula is C26H26O4. The van der Waals surface area contributed by atoms with Gasteiger partial charge in [-0.05, 0) is 53.3 Å². The highest BCUT2D eigenvalue weighted by atomic mass is 16.6. The number of rotatable bonds is 9. The van der Waals surface area contributed by atoms with E-state index in [1.54, 1.807) is 6.92 Å². The molecular weight excluding hydrogens is 376 g/mol. The van der Waals surface area contributed by atoms with E-state index in [9.17, 15) is 9.90 Å². The molecule has 4 heteroatoms. The minimum absolute atomic E-state index is 0.0568. The molecule has 4 nitrogen and oxygen atoms in total. The molecule has 0 radical (unpaired) electrons. The Labute approximate surface area is 177 Å². The molecule has 0 unspecified atom stereocenters. The standard InChI is InChI=1S/C26H26O4/c1-2-29-25(28)19-30-23-15-13-22(14-16-23)26(21-11-7-4-8-12-21)24(17-18-27)20-9-5-3-6-10-20/h3-16,27H,2,17-19H2,1H3. The third-order valence-corrected chi connectivity index (χ3v) is 4.65. The van der Waals surface area contributed by atoms with Crippen molar-refractivity contribution in [2.45, 2.75) is 13.3 Å². The lowest BCUT2D eigenvalue weighted by Gasteiger charge is -2.17.